The van der Waals surface area contributed by atoms with Crippen molar-refractivity contribution < 1.29 is 9.84 Å². The highest BCUT2D eigenvalue weighted by Gasteiger charge is 2.37. The number of nitrogens with zero attached hydrogens (tertiary/aromatic N) is 4. The van der Waals surface area contributed by atoms with Crippen LogP contribution in [0.5, 0.6) is 0 Å². The molecule has 2 aromatic heterocycles. The van der Waals surface area contributed by atoms with Gasteiger partial charge in [-0.2, -0.15) is 5.10 Å². The van der Waals surface area contributed by atoms with Gasteiger partial charge in [0.25, 0.3) is 0 Å². The molecule has 0 aromatic carbocycles. The van der Waals surface area contributed by atoms with E-state index in [0.29, 0.717) is 37.7 Å². The van der Waals surface area contributed by atoms with E-state index in [2.05, 4.69) is 21.1 Å². The lowest BCUT2D eigenvalue weighted by Crippen LogP contribution is -2.36. The van der Waals surface area contributed by atoms with Gasteiger partial charge in [-0.05, 0) is 19.9 Å². The van der Waals surface area contributed by atoms with E-state index in [9.17, 15) is 5.11 Å². The maximum absolute atomic E-state index is 10.9. The summed E-state index contributed by atoms with van der Waals surface area (Å²) in [5.41, 5.74) is -0.173. The van der Waals surface area contributed by atoms with E-state index >= 15 is 0 Å². The van der Waals surface area contributed by atoms with E-state index in [1.165, 1.54) is 0 Å². The number of hydrogen-bond donors (Lipinski definition) is 1. The van der Waals surface area contributed by atoms with Gasteiger partial charge in [0.2, 0.25) is 0 Å². The van der Waals surface area contributed by atoms with Crippen molar-refractivity contribution in [3.05, 3.63) is 30.4 Å². The minimum atomic E-state index is -0.973. The molecule has 1 saturated heterocycles. The molecule has 0 amide bonds. The monoisotopic (exact) mass is 287 g/mol. The summed E-state index contributed by atoms with van der Waals surface area (Å²) in [5.74, 6) is 1.18. The number of ether oxygens (including phenoxy) is 1. The second-order valence-corrected chi connectivity index (χ2v) is 5.61. The lowest BCUT2D eigenvalue weighted by molar-refractivity contribution is -0.0762. The van der Waals surface area contributed by atoms with Gasteiger partial charge in [-0.3, -0.25) is 4.98 Å². The molecule has 0 bridgehead atoms. The molecule has 3 heterocycles. The maximum atomic E-state index is 10.9. The van der Waals surface area contributed by atoms with Crippen LogP contribution in [-0.2, 0) is 10.3 Å². The van der Waals surface area contributed by atoms with Crippen LogP contribution in [0, 0.1) is 6.07 Å². The van der Waals surface area contributed by atoms with Crippen molar-refractivity contribution >= 4 is 0 Å². The summed E-state index contributed by atoms with van der Waals surface area (Å²) < 4.78 is 7.15. The quantitative estimate of drug-likeness (QED) is 0.930. The highest BCUT2D eigenvalue weighted by molar-refractivity contribution is 5.52. The zero-order valence-electron chi connectivity index (χ0n) is 12.3. The van der Waals surface area contributed by atoms with Gasteiger partial charge in [0.15, 0.2) is 11.6 Å². The minimum Gasteiger partial charge on any atom is -0.382 e. The molecule has 111 valence electrons. The van der Waals surface area contributed by atoms with Crippen molar-refractivity contribution in [3.8, 4) is 11.4 Å². The van der Waals surface area contributed by atoms with Crippen LogP contribution in [0.2, 0.25) is 0 Å². The number of pyridine rings is 1. The first-order chi connectivity index (χ1) is 10.1. The molecule has 1 radical (unpaired) electrons. The number of aliphatic hydroxyl groups is 1. The molecule has 0 unspecified atom stereocenters. The van der Waals surface area contributed by atoms with Crippen LogP contribution in [0.15, 0.2) is 18.5 Å². The topological polar surface area (TPSA) is 73.1 Å². The Bertz CT molecular complexity index is 603. The third-order valence-electron chi connectivity index (χ3n) is 3.72. The van der Waals surface area contributed by atoms with Crippen LogP contribution >= 0.6 is 0 Å². The second-order valence-electron chi connectivity index (χ2n) is 5.61. The molecule has 2 aromatic rings. The van der Waals surface area contributed by atoms with E-state index in [1.807, 2.05) is 13.8 Å². The summed E-state index contributed by atoms with van der Waals surface area (Å²) in [7, 11) is 0. The fourth-order valence-electron chi connectivity index (χ4n) is 2.50. The average molecular weight is 287 g/mol. The average Bonchev–Trinajstić information content (AvgIpc) is 2.95. The molecule has 0 saturated carbocycles. The molecule has 0 atom stereocenters. The normalized spacial score (nSPS) is 18.1. The summed E-state index contributed by atoms with van der Waals surface area (Å²) in [4.78, 5) is 8.63. The van der Waals surface area contributed by atoms with Crippen LogP contribution in [0.4, 0.5) is 0 Å². The predicted octanol–water partition coefficient (Wildman–Crippen LogP) is 1.72. The minimum absolute atomic E-state index is 0.119. The van der Waals surface area contributed by atoms with E-state index < -0.39 is 5.60 Å². The van der Waals surface area contributed by atoms with Gasteiger partial charge in [0, 0.05) is 56.1 Å². The molecular formula is C15H19N4O2. The second kappa shape index (κ2) is 5.54. The first kappa shape index (κ1) is 14.2. The van der Waals surface area contributed by atoms with Crippen molar-refractivity contribution in [1.82, 2.24) is 19.7 Å². The van der Waals surface area contributed by atoms with Gasteiger partial charge in [-0.1, -0.05) is 0 Å². The number of aromatic nitrogens is 4. The van der Waals surface area contributed by atoms with Crippen LogP contribution in [-0.4, -0.2) is 38.1 Å². The van der Waals surface area contributed by atoms with E-state index in [1.54, 1.807) is 23.1 Å². The molecule has 1 aliphatic heterocycles. The third kappa shape index (κ3) is 2.69. The Hall–Kier alpha value is -1.79. The van der Waals surface area contributed by atoms with Crippen molar-refractivity contribution in [2.45, 2.75) is 38.3 Å². The Morgan fingerprint density at radius 1 is 1.38 bits per heavy atom. The fourth-order valence-corrected chi connectivity index (χ4v) is 2.50. The van der Waals surface area contributed by atoms with Gasteiger partial charge in [0.05, 0.1) is 0 Å². The van der Waals surface area contributed by atoms with E-state index in [-0.39, 0.29) is 6.04 Å². The van der Waals surface area contributed by atoms with Crippen molar-refractivity contribution in [1.29, 1.82) is 0 Å². The van der Waals surface area contributed by atoms with Gasteiger partial charge in [-0.15, -0.1) is 0 Å². The first-order valence-corrected chi connectivity index (χ1v) is 7.19. The van der Waals surface area contributed by atoms with Gasteiger partial charge in [0.1, 0.15) is 5.60 Å². The maximum Gasteiger partial charge on any atom is 0.183 e. The van der Waals surface area contributed by atoms with Crippen molar-refractivity contribution in [3.63, 3.8) is 0 Å². The molecule has 6 heteroatoms. The molecule has 1 N–H and O–H groups in total. The molecule has 0 spiro atoms. The summed E-state index contributed by atoms with van der Waals surface area (Å²) in [6.45, 7) is 5.13. The smallest absolute Gasteiger partial charge is 0.183 e. The van der Waals surface area contributed by atoms with Crippen LogP contribution < -0.4 is 0 Å². The van der Waals surface area contributed by atoms with E-state index in [4.69, 9.17) is 4.74 Å². The number of rotatable bonds is 3. The van der Waals surface area contributed by atoms with Crippen LogP contribution in [0.25, 0.3) is 11.4 Å². The standard InChI is InChI=1S/C15H19N4O2/c1-11(2)19-14(15(20)5-8-21-9-6-15)17-13(18-19)12-4-3-7-16-10-12/h4,7,10-11,20H,5-6,8-9H2,1-2H3. The molecule has 1 fully saturated rings. The van der Waals surface area contributed by atoms with Gasteiger partial charge in [-0.25, -0.2) is 9.67 Å². The Labute approximate surface area is 123 Å². The zero-order chi connectivity index (χ0) is 14.9. The van der Waals surface area contributed by atoms with Gasteiger partial charge >= 0.3 is 0 Å². The Balaban J connectivity index is 2.05. The van der Waals surface area contributed by atoms with Crippen molar-refractivity contribution in [2.75, 3.05) is 13.2 Å². The summed E-state index contributed by atoms with van der Waals surface area (Å²) in [6, 6.07) is 4.84. The summed E-state index contributed by atoms with van der Waals surface area (Å²) in [6.07, 6.45) is 4.37. The molecule has 21 heavy (non-hydrogen) atoms. The van der Waals surface area contributed by atoms with Gasteiger partial charge < -0.3 is 9.84 Å². The predicted molar refractivity (Wildman–Crippen MR) is 76.4 cm³/mol. The third-order valence-corrected chi connectivity index (χ3v) is 3.72. The molecule has 0 aliphatic carbocycles. The highest BCUT2D eigenvalue weighted by atomic mass is 16.5. The molecule has 1 aliphatic rings. The van der Waals surface area contributed by atoms with Crippen LogP contribution in [0.3, 0.4) is 0 Å². The zero-order valence-corrected chi connectivity index (χ0v) is 12.3. The number of hydrogen-bond acceptors (Lipinski definition) is 5. The van der Waals surface area contributed by atoms with E-state index in [0.717, 1.165) is 5.56 Å². The SMILES string of the molecule is CC(C)n1nc(-c2c[c]cnc2)nc1C1(O)CCOCC1. The van der Waals surface area contributed by atoms with Crippen molar-refractivity contribution in [2.24, 2.45) is 0 Å². The Morgan fingerprint density at radius 2 is 2.14 bits per heavy atom. The lowest BCUT2D eigenvalue weighted by atomic mass is 9.93. The van der Waals surface area contributed by atoms with Crippen LogP contribution in [0.1, 0.15) is 38.6 Å². The fraction of sp³-hybridized carbons (Fsp3) is 0.533. The largest absolute Gasteiger partial charge is 0.382 e. The summed E-state index contributed by atoms with van der Waals surface area (Å²) >= 11 is 0. The Morgan fingerprint density at radius 3 is 2.76 bits per heavy atom. The molecule has 3 rings (SSSR count). The molecular weight excluding hydrogens is 268 g/mol. The Kier molecular flexibility index (Phi) is 3.73. The first-order valence-electron chi connectivity index (χ1n) is 7.19. The highest BCUT2D eigenvalue weighted by Crippen LogP contribution is 2.33. The lowest BCUT2D eigenvalue weighted by Gasteiger charge is -2.31. The summed E-state index contributed by atoms with van der Waals surface area (Å²) in [5, 5.41) is 15.5. The molecule has 6 nitrogen and oxygen atoms in total.